The fourth-order valence-electron chi connectivity index (χ4n) is 9.05. The van der Waals surface area contributed by atoms with Crippen LogP contribution in [0.4, 0.5) is 5.69 Å². The number of ketones is 1. The van der Waals surface area contributed by atoms with Crippen LogP contribution in [0.5, 0.6) is 5.75 Å². The van der Waals surface area contributed by atoms with Crippen LogP contribution in [-0.4, -0.2) is 70.4 Å². The van der Waals surface area contributed by atoms with Gasteiger partial charge >= 0.3 is 0 Å². The Labute approximate surface area is 270 Å². The van der Waals surface area contributed by atoms with Gasteiger partial charge in [-0.1, -0.05) is 62.1 Å². The normalized spacial score (nSPS) is 30.5. The molecule has 2 saturated carbocycles. The zero-order valence-electron chi connectivity index (χ0n) is 27.5. The van der Waals surface area contributed by atoms with Gasteiger partial charge in [0.2, 0.25) is 0 Å². The number of fused-ring (bicyclic) bond motifs is 8. The first-order valence-electron chi connectivity index (χ1n) is 17.7. The van der Waals surface area contributed by atoms with E-state index in [1.165, 1.54) is 12.0 Å². The lowest BCUT2D eigenvalue weighted by Crippen LogP contribution is -2.56. The molecule has 7 rings (SSSR count). The Bertz CT molecular complexity index is 1370. The first-order chi connectivity index (χ1) is 21.7. The molecule has 0 spiro atoms. The van der Waals surface area contributed by atoms with E-state index in [0.717, 1.165) is 99.9 Å². The van der Waals surface area contributed by atoms with Crippen LogP contribution in [0.1, 0.15) is 112 Å². The molecule has 1 aliphatic heterocycles. The minimum absolute atomic E-state index is 0.0778. The van der Waals surface area contributed by atoms with Crippen LogP contribution in [0.2, 0.25) is 0 Å². The van der Waals surface area contributed by atoms with Crippen molar-refractivity contribution in [2.45, 2.75) is 109 Å². The predicted octanol–water partition coefficient (Wildman–Crippen LogP) is 7.02. The Kier molecular flexibility index (Phi) is 9.75. The Morgan fingerprint density at radius 3 is 2.47 bits per heavy atom. The number of carbonyl (C=O) groups excluding carboxylic acids is 1. The Morgan fingerprint density at radius 1 is 0.956 bits per heavy atom. The van der Waals surface area contributed by atoms with Gasteiger partial charge in [-0.3, -0.25) is 9.69 Å². The van der Waals surface area contributed by atoms with Crippen molar-refractivity contribution in [3.8, 4) is 5.75 Å². The van der Waals surface area contributed by atoms with E-state index in [9.17, 15) is 20.1 Å². The SMILES string of the molecule is CC1=CCCC2(C)C(CCC2(O)CN2CCN(c3ccccc3O)CC2)c2ccc(cc2C(=O)C2CCCCC2)CC(O)CC1. The molecule has 6 nitrogen and oxygen atoms in total. The van der Waals surface area contributed by atoms with Crippen molar-refractivity contribution in [3.05, 3.63) is 70.8 Å². The number of aliphatic hydroxyl groups excluding tert-OH is 1. The molecule has 5 aliphatic rings. The zero-order chi connectivity index (χ0) is 31.6. The van der Waals surface area contributed by atoms with Crippen LogP contribution in [0.3, 0.4) is 0 Å². The number of carbonyl (C=O) groups is 1. The van der Waals surface area contributed by atoms with E-state index < -0.39 is 17.1 Å². The molecule has 2 bridgehead atoms. The van der Waals surface area contributed by atoms with Gasteiger partial charge in [0.1, 0.15) is 5.75 Å². The summed E-state index contributed by atoms with van der Waals surface area (Å²) < 4.78 is 0. The number of rotatable bonds is 5. The third-order valence-corrected chi connectivity index (χ3v) is 12.0. The van der Waals surface area contributed by atoms with Crippen molar-refractivity contribution in [2.75, 3.05) is 37.6 Å². The number of nitrogens with zero attached hydrogens (tertiary/aromatic N) is 2. The molecule has 4 unspecified atom stereocenters. The van der Waals surface area contributed by atoms with Gasteiger partial charge in [0.15, 0.2) is 5.78 Å². The number of aromatic hydroxyl groups is 1. The summed E-state index contributed by atoms with van der Waals surface area (Å²) in [7, 11) is 0. The van der Waals surface area contributed by atoms with Crippen LogP contribution in [-0.2, 0) is 6.42 Å². The van der Waals surface area contributed by atoms with Crippen molar-refractivity contribution in [3.63, 3.8) is 0 Å². The molecule has 1 saturated heterocycles. The maximum absolute atomic E-state index is 14.2. The van der Waals surface area contributed by atoms with E-state index in [1.54, 1.807) is 6.07 Å². The average molecular weight is 615 g/mol. The van der Waals surface area contributed by atoms with Gasteiger partial charge in [0.05, 0.1) is 17.4 Å². The van der Waals surface area contributed by atoms with Crippen LogP contribution in [0.25, 0.3) is 0 Å². The number of benzene rings is 2. The number of hydrogen-bond acceptors (Lipinski definition) is 6. The maximum atomic E-state index is 14.2. The van der Waals surface area contributed by atoms with Gasteiger partial charge in [-0.05, 0) is 100.0 Å². The minimum atomic E-state index is -0.881. The number of anilines is 1. The van der Waals surface area contributed by atoms with Crippen LogP contribution < -0.4 is 4.90 Å². The van der Waals surface area contributed by atoms with Crippen molar-refractivity contribution in [1.29, 1.82) is 0 Å². The highest BCUT2D eigenvalue weighted by Crippen LogP contribution is 2.59. The largest absolute Gasteiger partial charge is 0.506 e. The second kappa shape index (κ2) is 13.6. The number of piperazine rings is 1. The number of allylic oxidation sites excluding steroid dienone is 2. The third kappa shape index (κ3) is 6.75. The highest BCUT2D eigenvalue weighted by molar-refractivity contribution is 5.99. The molecule has 6 heteroatoms. The van der Waals surface area contributed by atoms with E-state index in [4.69, 9.17) is 0 Å². The summed E-state index contributed by atoms with van der Waals surface area (Å²) in [5.74, 6) is 0.761. The minimum Gasteiger partial charge on any atom is -0.506 e. The molecule has 3 fully saturated rings. The first kappa shape index (κ1) is 32.3. The first-order valence-corrected chi connectivity index (χ1v) is 17.7. The van der Waals surface area contributed by atoms with Gasteiger partial charge < -0.3 is 20.2 Å². The molecule has 0 amide bonds. The van der Waals surface area contributed by atoms with Crippen molar-refractivity contribution in [2.24, 2.45) is 11.3 Å². The summed E-state index contributed by atoms with van der Waals surface area (Å²) in [5.41, 5.74) is 3.91. The molecule has 244 valence electrons. The Hall–Kier alpha value is -2.67. The predicted molar refractivity (Wildman–Crippen MR) is 181 cm³/mol. The second-order valence-corrected chi connectivity index (χ2v) is 14.9. The summed E-state index contributed by atoms with van der Waals surface area (Å²) in [6.07, 6.45) is 12.7. The quantitative estimate of drug-likeness (QED) is 0.248. The van der Waals surface area contributed by atoms with E-state index in [1.807, 2.05) is 18.2 Å². The smallest absolute Gasteiger partial charge is 0.166 e. The molecule has 0 radical (unpaired) electrons. The summed E-state index contributed by atoms with van der Waals surface area (Å²) in [6.45, 7) is 8.36. The Balaban J connectivity index is 1.30. The molecule has 45 heavy (non-hydrogen) atoms. The molecular weight excluding hydrogens is 560 g/mol. The fraction of sp³-hybridized carbons (Fsp3) is 0.615. The number of hydrogen-bond donors (Lipinski definition) is 3. The summed E-state index contributed by atoms with van der Waals surface area (Å²) in [5, 5.41) is 34.0. The molecule has 2 aromatic carbocycles. The number of para-hydroxylation sites is 2. The monoisotopic (exact) mass is 614 g/mol. The van der Waals surface area contributed by atoms with E-state index in [-0.39, 0.29) is 17.6 Å². The van der Waals surface area contributed by atoms with Crippen molar-refractivity contribution >= 4 is 11.5 Å². The van der Waals surface area contributed by atoms with Gasteiger partial charge in [-0.15, -0.1) is 0 Å². The van der Waals surface area contributed by atoms with Crippen LogP contribution in [0, 0.1) is 11.3 Å². The molecule has 2 aromatic rings. The number of β-amino-alcohol motifs (C(OH)–C–C–N with tert-alkyl or cyclic N) is 1. The van der Waals surface area contributed by atoms with Gasteiger partial charge in [0, 0.05) is 49.6 Å². The summed E-state index contributed by atoms with van der Waals surface area (Å²) in [6, 6.07) is 14.0. The molecule has 4 atom stereocenters. The summed E-state index contributed by atoms with van der Waals surface area (Å²) >= 11 is 0. The summed E-state index contributed by atoms with van der Waals surface area (Å²) in [4.78, 5) is 18.9. The fourth-order valence-corrected chi connectivity index (χ4v) is 9.05. The number of aliphatic hydroxyl groups is 2. The lowest BCUT2D eigenvalue weighted by atomic mass is 9.64. The van der Waals surface area contributed by atoms with Crippen LogP contribution in [0.15, 0.2) is 54.1 Å². The topological polar surface area (TPSA) is 84.2 Å². The number of Topliss-reactive ketones (excluding diaryl/α,β-unsaturated/α-hetero) is 1. The highest BCUT2D eigenvalue weighted by atomic mass is 16.3. The zero-order valence-corrected chi connectivity index (χ0v) is 27.5. The molecule has 1 heterocycles. The van der Waals surface area contributed by atoms with E-state index in [2.05, 4.69) is 47.9 Å². The lowest BCUT2D eigenvalue weighted by Gasteiger charge is -2.47. The molecular formula is C39H54N2O4. The van der Waals surface area contributed by atoms with Crippen LogP contribution >= 0.6 is 0 Å². The standard InChI is InChI=1S/C39H54N2O4/c1-28-9-8-19-38(2)34(18-20-39(38,45)27-40-21-23-41(24-22-40)35-12-6-7-13-36(35)43)32-17-15-29(25-31(42)16-14-28)26-33(32)37(44)30-10-4-3-5-11-30/h6-7,9,12-13,15,17,26,30-31,34,42-43,45H,3-5,8,10-11,14,16,18-25,27H2,1-2H3. The highest BCUT2D eigenvalue weighted by Gasteiger charge is 2.57. The van der Waals surface area contributed by atoms with Crippen molar-refractivity contribution in [1.82, 2.24) is 4.90 Å². The van der Waals surface area contributed by atoms with E-state index >= 15 is 0 Å². The average Bonchev–Trinajstić information content (AvgIpc) is 3.29. The lowest BCUT2D eigenvalue weighted by molar-refractivity contribution is -0.0841. The molecule has 0 aromatic heterocycles. The molecule has 4 aliphatic carbocycles. The van der Waals surface area contributed by atoms with E-state index in [0.29, 0.717) is 31.6 Å². The number of phenols is 1. The third-order valence-electron chi connectivity index (χ3n) is 12.0. The maximum Gasteiger partial charge on any atom is 0.166 e. The van der Waals surface area contributed by atoms with Crippen molar-refractivity contribution < 1.29 is 20.1 Å². The number of phenolic OH excluding ortho intramolecular Hbond substituents is 1. The second-order valence-electron chi connectivity index (χ2n) is 14.9. The van der Waals surface area contributed by atoms with Gasteiger partial charge in [-0.25, -0.2) is 0 Å². The Morgan fingerprint density at radius 2 is 1.71 bits per heavy atom. The van der Waals surface area contributed by atoms with Gasteiger partial charge in [-0.2, -0.15) is 0 Å². The van der Waals surface area contributed by atoms with Gasteiger partial charge in [0.25, 0.3) is 0 Å². The molecule has 3 N–H and O–H groups in total.